The van der Waals surface area contributed by atoms with Crippen LogP contribution >= 0.6 is 15.9 Å². The zero-order valence-corrected chi connectivity index (χ0v) is 14.2. The van der Waals surface area contributed by atoms with E-state index in [0.29, 0.717) is 18.1 Å². The Hall–Kier alpha value is -0.640. The molecule has 0 radical (unpaired) electrons. The molecule has 0 aliphatic heterocycles. The van der Waals surface area contributed by atoms with E-state index in [1.807, 2.05) is 11.6 Å². The van der Waals surface area contributed by atoms with Crippen molar-refractivity contribution >= 4 is 21.7 Å². The van der Waals surface area contributed by atoms with E-state index in [0.717, 1.165) is 28.8 Å². The summed E-state index contributed by atoms with van der Waals surface area (Å²) in [7, 11) is 0. The predicted octanol–water partition coefficient (Wildman–Crippen LogP) is 4.45. The first-order valence-corrected chi connectivity index (χ1v) is 8.64. The van der Waals surface area contributed by atoms with Gasteiger partial charge in [-0.15, -0.1) is 0 Å². The van der Waals surface area contributed by atoms with Gasteiger partial charge < -0.3 is 0 Å². The number of halogens is 1. The van der Waals surface area contributed by atoms with Crippen LogP contribution in [0, 0.1) is 12.8 Å². The van der Waals surface area contributed by atoms with E-state index in [9.17, 15) is 4.79 Å². The summed E-state index contributed by atoms with van der Waals surface area (Å²) in [5.41, 5.74) is 2.02. The van der Waals surface area contributed by atoms with E-state index in [-0.39, 0.29) is 0 Å². The molecule has 20 heavy (non-hydrogen) atoms. The van der Waals surface area contributed by atoms with Gasteiger partial charge in [0.2, 0.25) is 0 Å². The van der Waals surface area contributed by atoms with Crippen LogP contribution in [0.1, 0.15) is 63.3 Å². The number of nitrogens with zero attached hydrogens (tertiary/aromatic N) is 2. The number of carbonyl (C=O) groups is 1. The van der Waals surface area contributed by atoms with Crippen molar-refractivity contribution in [1.82, 2.24) is 9.78 Å². The van der Waals surface area contributed by atoms with Gasteiger partial charge in [-0.05, 0) is 35.7 Å². The van der Waals surface area contributed by atoms with Crippen molar-refractivity contribution < 1.29 is 4.79 Å². The van der Waals surface area contributed by atoms with Gasteiger partial charge in [0.25, 0.3) is 0 Å². The second kappa shape index (κ2) is 7.39. The highest BCUT2D eigenvalue weighted by Gasteiger charge is 2.19. The maximum absolute atomic E-state index is 12.4. The number of carbonyl (C=O) groups excluding carboxylic acids is 1. The molecule has 1 aliphatic rings. The molecule has 1 aromatic rings. The number of Topliss-reactive ketones (excluding diaryl/α,β-unsaturated/α-hetero) is 1. The summed E-state index contributed by atoms with van der Waals surface area (Å²) in [6, 6.07) is 0. The molecule has 0 bridgehead atoms. The number of aromatic nitrogens is 2. The highest BCUT2D eigenvalue weighted by molar-refractivity contribution is 9.10. The summed E-state index contributed by atoms with van der Waals surface area (Å²) >= 11 is 3.57. The highest BCUT2D eigenvalue weighted by Crippen LogP contribution is 2.27. The molecule has 2 rings (SSSR count). The molecule has 112 valence electrons. The second-order valence-corrected chi connectivity index (χ2v) is 6.73. The fourth-order valence-corrected chi connectivity index (χ4v) is 3.61. The minimum absolute atomic E-state index is 0.368. The number of hydrogen-bond donors (Lipinski definition) is 0. The Morgan fingerprint density at radius 3 is 2.55 bits per heavy atom. The van der Waals surface area contributed by atoms with Crippen molar-refractivity contribution in [2.45, 2.75) is 71.8 Å². The highest BCUT2D eigenvalue weighted by atomic mass is 79.9. The minimum atomic E-state index is 0.368. The Bertz CT molecular complexity index is 459. The van der Waals surface area contributed by atoms with Gasteiger partial charge in [0.1, 0.15) is 5.78 Å². The lowest BCUT2D eigenvalue weighted by Crippen LogP contribution is -2.13. The molecule has 1 fully saturated rings. The average molecular weight is 341 g/mol. The van der Waals surface area contributed by atoms with Gasteiger partial charge >= 0.3 is 0 Å². The van der Waals surface area contributed by atoms with E-state index >= 15 is 0 Å². The van der Waals surface area contributed by atoms with Crippen molar-refractivity contribution in [2.24, 2.45) is 5.92 Å². The normalized spacial score (nSPS) is 17.1. The first kappa shape index (κ1) is 15.7. The molecule has 1 aromatic heterocycles. The van der Waals surface area contributed by atoms with E-state index in [4.69, 9.17) is 0 Å². The van der Waals surface area contributed by atoms with Crippen LogP contribution in [0.25, 0.3) is 0 Å². The lowest BCUT2D eigenvalue weighted by Gasteiger charge is -2.13. The summed E-state index contributed by atoms with van der Waals surface area (Å²) in [5.74, 6) is 0.982. The smallest absolute Gasteiger partial charge is 0.139 e. The molecule has 4 heteroatoms. The molecule has 0 spiro atoms. The molecule has 3 nitrogen and oxygen atoms in total. The second-order valence-electron chi connectivity index (χ2n) is 5.94. The van der Waals surface area contributed by atoms with Gasteiger partial charge in [0, 0.05) is 19.4 Å². The van der Waals surface area contributed by atoms with E-state index < -0.39 is 0 Å². The molecule has 0 unspecified atom stereocenters. The van der Waals surface area contributed by atoms with Crippen molar-refractivity contribution in [3.8, 4) is 0 Å². The van der Waals surface area contributed by atoms with Crippen molar-refractivity contribution in [3.05, 3.63) is 15.9 Å². The first-order valence-electron chi connectivity index (χ1n) is 7.85. The lowest BCUT2D eigenvalue weighted by atomic mass is 9.93. The molecule has 0 atom stereocenters. The fraction of sp³-hybridized carbons (Fsp3) is 0.750. The molecule has 0 aromatic carbocycles. The summed E-state index contributed by atoms with van der Waals surface area (Å²) in [6.45, 7) is 4.87. The molecule has 0 amide bonds. The van der Waals surface area contributed by atoms with Gasteiger partial charge in [0.05, 0.1) is 15.9 Å². The van der Waals surface area contributed by atoms with Crippen LogP contribution in [0.4, 0.5) is 0 Å². The first-order chi connectivity index (χ1) is 9.61. The average Bonchev–Trinajstić information content (AvgIpc) is 2.64. The Morgan fingerprint density at radius 2 is 1.95 bits per heavy atom. The van der Waals surface area contributed by atoms with Crippen LogP contribution in [0.5, 0.6) is 0 Å². The summed E-state index contributed by atoms with van der Waals surface area (Å²) in [4.78, 5) is 12.4. The molecule has 1 aliphatic carbocycles. The Kier molecular flexibility index (Phi) is 5.82. The van der Waals surface area contributed by atoms with Crippen molar-refractivity contribution in [1.29, 1.82) is 0 Å². The maximum Gasteiger partial charge on any atom is 0.139 e. The van der Waals surface area contributed by atoms with E-state index in [2.05, 4.69) is 28.0 Å². The lowest BCUT2D eigenvalue weighted by molar-refractivity contribution is -0.119. The largest absolute Gasteiger partial charge is 0.299 e. The van der Waals surface area contributed by atoms with Crippen molar-refractivity contribution in [3.63, 3.8) is 0 Å². The quantitative estimate of drug-likeness (QED) is 0.742. The Labute approximate surface area is 130 Å². The van der Waals surface area contributed by atoms with Crippen molar-refractivity contribution in [2.75, 3.05) is 0 Å². The van der Waals surface area contributed by atoms with Gasteiger partial charge in [-0.2, -0.15) is 5.10 Å². The van der Waals surface area contributed by atoms with Crippen LogP contribution < -0.4 is 0 Å². The third-order valence-corrected chi connectivity index (χ3v) is 5.34. The molecule has 1 heterocycles. The molecule has 0 N–H and O–H groups in total. The Balaban J connectivity index is 1.97. The summed E-state index contributed by atoms with van der Waals surface area (Å²) < 4.78 is 2.96. The van der Waals surface area contributed by atoms with E-state index in [1.165, 1.54) is 38.5 Å². The van der Waals surface area contributed by atoms with E-state index in [1.54, 1.807) is 0 Å². The molecule has 0 saturated heterocycles. The number of rotatable bonds is 5. The van der Waals surface area contributed by atoms with Gasteiger partial charge in [0.15, 0.2) is 0 Å². The molecular formula is C16H25BrN2O. The van der Waals surface area contributed by atoms with Gasteiger partial charge in [-0.3, -0.25) is 9.48 Å². The minimum Gasteiger partial charge on any atom is -0.299 e. The molecular weight excluding hydrogens is 316 g/mol. The topological polar surface area (TPSA) is 34.9 Å². The van der Waals surface area contributed by atoms with Crippen LogP contribution in [0.2, 0.25) is 0 Å². The third-order valence-electron chi connectivity index (χ3n) is 4.31. The third kappa shape index (κ3) is 3.94. The summed E-state index contributed by atoms with van der Waals surface area (Å²) in [5, 5.41) is 4.46. The van der Waals surface area contributed by atoms with Gasteiger partial charge in [-0.1, -0.05) is 38.5 Å². The Morgan fingerprint density at radius 1 is 1.30 bits per heavy atom. The zero-order chi connectivity index (χ0) is 14.5. The zero-order valence-electron chi connectivity index (χ0n) is 12.6. The molecule has 1 saturated carbocycles. The van der Waals surface area contributed by atoms with Crippen LogP contribution in [-0.2, 0) is 17.8 Å². The van der Waals surface area contributed by atoms with Crippen LogP contribution in [0.3, 0.4) is 0 Å². The maximum atomic E-state index is 12.4. The number of aryl methyl sites for hydroxylation is 2. The van der Waals surface area contributed by atoms with Crippen LogP contribution in [0.15, 0.2) is 4.47 Å². The SMILES string of the molecule is CCn1nc(C)c(Br)c1CC(=O)CC1CCCCCC1. The number of ketones is 1. The predicted molar refractivity (Wildman–Crippen MR) is 84.9 cm³/mol. The standard InChI is InChI=1S/C16H25BrN2O/c1-3-19-15(16(17)12(2)18-19)11-14(20)10-13-8-6-4-5-7-9-13/h13H,3-11H2,1-2H3. The fourth-order valence-electron chi connectivity index (χ4n) is 3.19. The van der Waals surface area contributed by atoms with Gasteiger partial charge in [-0.25, -0.2) is 0 Å². The van der Waals surface area contributed by atoms with Crippen LogP contribution in [-0.4, -0.2) is 15.6 Å². The monoisotopic (exact) mass is 340 g/mol. The summed E-state index contributed by atoms with van der Waals surface area (Å²) in [6.07, 6.45) is 9.03. The number of hydrogen-bond acceptors (Lipinski definition) is 2.